The topological polar surface area (TPSA) is 33.5 Å². The highest BCUT2D eigenvalue weighted by Crippen LogP contribution is 2.28. The fourth-order valence-electron chi connectivity index (χ4n) is 1.93. The van der Waals surface area contributed by atoms with Crippen LogP contribution in [0, 0.1) is 0 Å². The summed E-state index contributed by atoms with van der Waals surface area (Å²) in [5.74, 6) is -0.355. The highest BCUT2D eigenvalue weighted by molar-refractivity contribution is 6.68. The Kier molecular flexibility index (Phi) is 6.89. The van der Waals surface area contributed by atoms with E-state index in [1.807, 2.05) is 13.8 Å². The van der Waals surface area contributed by atoms with Gasteiger partial charge in [0.05, 0.1) is 23.7 Å². The zero-order chi connectivity index (χ0) is 15.3. The molecule has 0 heterocycles. The molecule has 0 aliphatic heterocycles. The van der Waals surface area contributed by atoms with Gasteiger partial charge in [0.15, 0.2) is 0 Å². The molecule has 0 unspecified atom stereocenters. The molecule has 0 aliphatic rings. The lowest BCUT2D eigenvalue weighted by Gasteiger charge is -2.31. The van der Waals surface area contributed by atoms with E-state index in [2.05, 4.69) is 5.32 Å². The molecule has 0 aromatic heterocycles. The molecule has 0 aliphatic carbocycles. The van der Waals surface area contributed by atoms with Crippen LogP contribution in [0.3, 0.4) is 0 Å². The van der Waals surface area contributed by atoms with Crippen molar-refractivity contribution in [1.82, 2.24) is 5.32 Å². The van der Waals surface area contributed by atoms with Gasteiger partial charge in [0.25, 0.3) is 9.70 Å². The van der Waals surface area contributed by atoms with Crippen LogP contribution in [0.25, 0.3) is 0 Å². The van der Waals surface area contributed by atoms with Crippen LogP contribution >= 0.6 is 46.4 Å². The van der Waals surface area contributed by atoms with Gasteiger partial charge in [-0.1, -0.05) is 58.5 Å². The smallest absolute Gasteiger partial charge is 0.262 e. The summed E-state index contributed by atoms with van der Waals surface area (Å²) in [4.78, 5) is 13.2. The molecular weight excluding hydrogens is 342 g/mol. The molecule has 2 N–H and O–H groups in total. The average molecular weight is 359 g/mol. The van der Waals surface area contributed by atoms with Crippen molar-refractivity contribution in [2.45, 2.75) is 23.8 Å². The fraction of sp³-hybridized carbons (Fsp3) is 0.462. The van der Waals surface area contributed by atoms with Crippen LogP contribution in [-0.2, 0) is 0 Å². The van der Waals surface area contributed by atoms with Crippen molar-refractivity contribution in [3.8, 4) is 0 Å². The Balaban J connectivity index is 2.96. The van der Waals surface area contributed by atoms with Crippen molar-refractivity contribution in [3.05, 3.63) is 34.9 Å². The van der Waals surface area contributed by atoms with Crippen LogP contribution in [0.2, 0.25) is 5.02 Å². The Morgan fingerprint density at radius 1 is 1.25 bits per heavy atom. The van der Waals surface area contributed by atoms with E-state index in [-0.39, 0.29) is 5.91 Å². The largest absolute Gasteiger partial charge is 0.312 e. The zero-order valence-corrected chi connectivity index (χ0v) is 14.2. The maximum atomic E-state index is 12.3. The molecule has 1 atom stereocenters. The number of amides is 1. The number of halogens is 4. The van der Waals surface area contributed by atoms with Crippen molar-refractivity contribution in [2.75, 3.05) is 13.1 Å². The molecule has 0 saturated carbocycles. The maximum Gasteiger partial charge on any atom is 0.262 e. The first kappa shape index (κ1) is 17.9. The molecule has 0 bridgehead atoms. The number of carbonyl (C=O) groups is 1. The Bertz CT molecular complexity index is 458. The number of rotatable bonds is 5. The molecule has 1 rings (SSSR count). The third-order valence-corrected chi connectivity index (χ3v) is 4.02. The lowest BCUT2D eigenvalue weighted by molar-refractivity contribution is -0.923. The predicted molar refractivity (Wildman–Crippen MR) is 85.0 cm³/mol. The quantitative estimate of drug-likeness (QED) is 0.615. The minimum absolute atomic E-state index is 0.355. The minimum atomic E-state index is -1.60. The second kappa shape index (κ2) is 7.71. The summed E-state index contributed by atoms with van der Waals surface area (Å²) in [6.45, 7) is 5.36. The summed E-state index contributed by atoms with van der Waals surface area (Å²) in [6, 6.07) is 6.76. The first-order chi connectivity index (χ1) is 9.31. The second-order valence-electron chi connectivity index (χ2n) is 4.29. The van der Waals surface area contributed by atoms with E-state index in [9.17, 15) is 4.79 Å². The van der Waals surface area contributed by atoms with E-state index in [1.54, 1.807) is 24.3 Å². The molecule has 112 valence electrons. The minimum Gasteiger partial charge on any atom is -0.312 e. The van der Waals surface area contributed by atoms with Crippen LogP contribution in [0.1, 0.15) is 24.2 Å². The third kappa shape index (κ3) is 4.68. The number of benzene rings is 1. The normalized spacial score (nSPS) is 13.3. The van der Waals surface area contributed by atoms with Crippen LogP contribution in [0.5, 0.6) is 0 Å². The number of alkyl halides is 3. The second-order valence-corrected chi connectivity index (χ2v) is 7.07. The van der Waals surface area contributed by atoms with E-state index in [4.69, 9.17) is 46.4 Å². The first-order valence-electron chi connectivity index (χ1n) is 6.27. The van der Waals surface area contributed by atoms with Gasteiger partial charge in [-0.2, -0.15) is 0 Å². The van der Waals surface area contributed by atoms with Crippen molar-refractivity contribution in [1.29, 1.82) is 0 Å². The Hall–Kier alpha value is -0.190. The molecule has 1 amide bonds. The fourth-order valence-corrected chi connectivity index (χ4v) is 2.78. The van der Waals surface area contributed by atoms with Crippen molar-refractivity contribution in [2.24, 2.45) is 0 Å². The molecule has 1 aromatic carbocycles. The number of carbonyl (C=O) groups excluding carboxylic acids is 1. The zero-order valence-electron chi connectivity index (χ0n) is 11.2. The van der Waals surface area contributed by atoms with Crippen LogP contribution in [0.4, 0.5) is 0 Å². The van der Waals surface area contributed by atoms with Crippen LogP contribution < -0.4 is 10.2 Å². The molecule has 0 saturated heterocycles. The maximum absolute atomic E-state index is 12.3. The lowest BCUT2D eigenvalue weighted by Crippen LogP contribution is -3.18. The predicted octanol–water partition coefficient (Wildman–Crippen LogP) is 2.69. The summed E-state index contributed by atoms with van der Waals surface area (Å²) in [7, 11) is 0. The van der Waals surface area contributed by atoms with Gasteiger partial charge in [0, 0.05) is 0 Å². The lowest BCUT2D eigenvalue weighted by atomic mass is 10.2. The Morgan fingerprint density at radius 3 is 2.25 bits per heavy atom. The standard InChI is InChI=1S/C13H16Cl4N2O/c1-3-19(4-2)12(13(15,16)17)18-11(20)9-7-5-6-8-10(9)14/h5-8,12H,3-4H2,1-2H3,(H,18,20)/p+1/t12-/m0/s1. The molecule has 20 heavy (non-hydrogen) atoms. The van der Waals surface area contributed by atoms with E-state index < -0.39 is 9.96 Å². The molecular formula is C13H17Cl4N2O+. The Morgan fingerprint density at radius 2 is 1.80 bits per heavy atom. The SMILES string of the molecule is CC[NH+](CC)[C@H](NC(=O)c1ccccc1Cl)C(Cl)(Cl)Cl. The summed E-state index contributed by atoms with van der Waals surface area (Å²) in [5, 5.41) is 3.12. The van der Waals surface area contributed by atoms with Gasteiger partial charge in [-0.25, -0.2) is 0 Å². The van der Waals surface area contributed by atoms with Crippen molar-refractivity contribution >= 4 is 52.3 Å². The summed E-state index contributed by atoms with van der Waals surface area (Å²) < 4.78 is -1.60. The summed E-state index contributed by atoms with van der Waals surface area (Å²) >= 11 is 24.0. The van der Waals surface area contributed by atoms with Gasteiger partial charge in [-0.05, 0) is 26.0 Å². The number of quaternary nitrogens is 1. The molecule has 0 spiro atoms. The Labute approximate surface area is 139 Å². The molecule has 3 nitrogen and oxygen atoms in total. The van der Waals surface area contributed by atoms with Crippen molar-refractivity contribution in [3.63, 3.8) is 0 Å². The van der Waals surface area contributed by atoms with Gasteiger partial charge in [0.2, 0.25) is 6.17 Å². The summed E-state index contributed by atoms with van der Waals surface area (Å²) in [5.41, 5.74) is 0.361. The number of hydrogen-bond acceptors (Lipinski definition) is 1. The average Bonchev–Trinajstić information content (AvgIpc) is 2.38. The van der Waals surface area contributed by atoms with Gasteiger partial charge in [-0.15, -0.1) is 0 Å². The van der Waals surface area contributed by atoms with Gasteiger partial charge < -0.3 is 4.90 Å². The van der Waals surface area contributed by atoms with Gasteiger partial charge in [0.1, 0.15) is 0 Å². The number of hydrogen-bond donors (Lipinski definition) is 2. The van der Waals surface area contributed by atoms with Crippen LogP contribution in [0.15, 0.2) is 24.3 Å². The monoisotopic (exact) mass is 357 g/mol. The third-order valence-electron chi connectivity index (χ3n) is 3.04. The van der Waals surface area contributed by atoms with Gasteiger partial charge in [-0.3, -0.25) is 10.1 Å². The molecule has 7 heteroatoms. The number of nitrogens with one attached hydrogen (secondary N) is 2. The van der Waals surface area contributed by atoms with E-state index in [1.165, 1.54) is 0 Å². The van der Waals surface area contributed by atoms with Gasteiger partial charge >= 0.3 is 0 Å². The van der Waals surface area contributed by atoms with E-state index >= 15 is 0 Å². The van der Waals surface area contributed by atoms with Crippen LogP contribution in [-0.4, -0.2) is 29.0 Å². The summed E-state index contributed by atoms with van der Waals surface area (Å²) in [6.07, 6.45) is -0.647. The molecule has 0 fully saturated rings. The van der Waals surface area contributed by atoms with Crippen molar-refractivity contribution < 1.29 is 9.69 Å². The van der Waals surface area contributed by atoms with E-state index in [0.717, 1.165) is 18.0 Å². The first-order valence-corrected chi connectivity index (χ1v) is 7.79. The van der Waals surface area contributed by atoms with E-state index in [0.29, 0.717) is 10.6 Å². The highest BCUT2D eigenvalue weighted by Gasteiger charge is 2.41. The highest BCUT2D eigenvalue weighted by atomic mass is 35.6. The molecule has 1 aromatic rings. The molecule has 0 radical (unpaired) electrons.